The maximum absolute atomic E-state index is 11.7. The SMILES string of the molecule is C=C(C)C(=O)OC1CC2CC3CC(C2)CC1C3. The van der Waals surface area contributed by atoms with Crippen LogP contribution in [0.2, 0.25) is 0 Å². The first-order valence-corrected chi connectivity index (χ1v) is 6.98. The van der Waals surface area contributed by atoms with Crippen LogP contribution in [0.5, 0.6) is 0 Å². The zero-order valence-corrected chi connectivity index (χ0v) is 10.7. The Labute approximate surface area is 103 Å². The van der Waals surface area contributed by atoms with E-state index in [1.807, 2.05) is 0 Å². The van der Waals surface area contributed by atoms with E-state index in [2.05, 4.69) is 6.58 Å². The van der Waals surface area contributed by atoms with Crippen LogP contribution >= 0.6 is 0 Å². The maximum atomic E-state index is 11.7. The minimum Gasteiger partial charge on any atom is -0.459 e. The molecule has 2 nitrogen and oxygen atoms in total. The summed E-state index contributed by atoms with van der Waals surface area (Å²) in [5.41, 5.74) is 0.536. The Morgan fingerprint density at radius 2 is 1.53 bits per heavy atom. The summed E-state index contributed by atoms with van der Waals surface area (Å²) in [7, 11) is 0. The van der Waals surface area contributed by atoms with E-state index in [4.69, 9.17) is 4.74 Å². The normalized spacial score (nSPS) is 43.2. The predicted octanol–water partition coefficient (Wildman–Crippen LogP) is 3.32. The van der Waals surface area contributed by atoms with Crippen LogP contribution in [0.3, 0.4) is 0 Å². The van der Waals surface area contributed by atoms with Gasteiger partial charge in [0.15, 0.2) is 0 Å². The van der Waals surface area contributed by atoms with Crippen LogP contribution in [-0.2, 0) is 9.53 Å². The lowest BCUT2D eigenvalue weighted by molar-refractivity contribution is -0.148. The average molecular weight is 234 g/mol. The largest absolute Gasteiger partial charge is 0.459 e. The second kappa shape index (κ2) is 4.15. The average Bonchev–Trinajstić information content (AvgIpc) is 2.43. The minimum atomic E-state index is -0.184. The Kier molecular flexibility index (Phi) is 2.76. The molecule has 4 saturated carbocycles. The number of carbonyl (C=O) groups excluding carboxylic acids is 1. The van der Waals surface area contributed by atoms with Gasteiger partial charge in [0.25, 0.3) is 0 Å². The molecule has 94 valence electrons. The highest BCUT2D eigenvalue weighted by Gasteiger charge is 2.44. The van der Waals surface area contributed by atoms with Crippen molar-refractivity contribution in [3.63, 3.8) is 0 Å². The molecule has 0 spiro atoms. The predicted molar refractivity (Wildman–Crippen MR) is 66.4 cm³/mol. The van der Waals surface area contributed by atoms with E-state index < -0.39 is 0 Å². The fraction of sp³-hybridized carbons (Fsp3) is 0.800. The molecule has 0 aromatic carbocycles. The van der Waals surface area contributed by atoms with E-state index >= 15 is 0 Å². The monoisotopic (exact) mass is 234 g/mol. The first kappa shape index (κ1) is 11.3. The van der Waals surface area contributed by atoms with E-state index in [0.29, 0.717) is 11.5 Å². The summed E-state index contributed by atoms with van der Waals surface area (Å²) in [6, 6.07) is 0. The van der Waals surface area contributed by atoms with Gasteiger partial charge in [-0.25, -0.2) is 4.79 Å². The van der Waals surface area contributed by atoms with Crippen LogP contribution in [0, 0.1) is 23.7 Å². The zero-order valence-electron chi connectivity index (χ0n) is 10.7. The molecule has 17 heavy (non-hydrogen) atoms. The minimum absolute atomic E-state index is 0.180. The number of hydrogen-bond donors (Lipinski definition) is 0. The Balaban J connectivity index is 1.73. The lowest BCUT2D eigenvalue weighted by Gasteiger charge is -2.38. The standard InChI is InChI=1S/C15H22O2/c1-9(2)15(16)17-14-8-12-4-10-3-11(5-12)7-13(14)6-10/h10-14H,1,3-8H2,2H3. The van der Waals surface area contributed by atoms with Crippen molar-refractivity contribution in [1.82, 2.24) is 0 Å². The van der Waals surface area contributed by atoms with Gasteiger partial charge in [0.1, 0.15) is 6.10 Å². The number of esters is 1. The van der Waals surface area contributed by atoms with Crippen LogP contribution in [0.1, 0.15) is 45.4 Å². The van der Waals surface area contributed by atoms with Crippen molar-refractivity contribution in [1.29, 1.82) is 0 Å². The van der Waals surface area contributed by atoms with Crippen molar-refractivity contribution in [3.8, 4) is 0 Å². The quantitative estimate of drug-likeness (QED) is 0.541. The summed E-state index contributed by atoms with van der Waals surface area (Å²) in [5.74, 6) is 3.11. The Hall–Kier alpha value is -0.790. The van der Waals surface area contributed by atoms with Crippen molar-refractivity contribution >= 4 is 5.97 Å². The molecule has 4 fully saturated rings. The molecule has 0 radical (unpaired) electrons. The molecule has 3 unspecified atom stereocenters. The number of hydrogen-bond acceptors (Lipinski definition) is 2. The Morgan fingerprint density at radius 1 is 1.00 bits per heavy atom. The molecule has 0 amide bonds. The van der Waals surface area contributed by atoms with Gasteiger partial charge in [0, 0.05) is 5.57 Å². The summed E-state index contributed by atoms with van der Waals surface area (Å²) in [4.78, 5) is 11.7. The van der Waals surface area contributed by atoms with E-state index in [1.165, 1.54) is 32.1 Å². The maximum Gasteiger partial charge on any atom is 0.333 e. The topological polar surface area (TPSA) is 26.3 Å². The summed E-state index contributed by atoms with van der Waals surface area (Å²) >= 11 is 0. The fourth-order valence-corrected chi connectivity index (χ4v) is 4.44. The van der Waals surface area contributed by atoms with E-state index in [1.54, 1.807) is 6.92 Å². The van der Waals surface area contributed by atoms with Crippen LogP contribution in [0.15, 0.2) is 12.2 Å². The number of rotatable bonds is 2. The lowest BCUT2D eigenvalue weighted by atomic mass is 9.68. The number of carbonyl (C=O) groups is 1. The van der Waals surface area contributed by atoms with Gasteiger partial charge in [-0.2, -0.15) is 0 Å². The van der Waals surface area contributed by atoms with Gasteiger partial charge >= 0.3 is 5.97 Å². The highest BCUT2D eigenvalue weighted by Crippen LogP contribution is 2.51. The summed E-state index contributed by atoms with van der Waals surface area (Å²) in [6.07, 6.45) is 8.08. The Bertz CT molecular complexity index is 333. The van der Waals surface area contributed by atoms with Gasteiger partial charge in [-0.05, 0) is 69.1 Å². The van der Waals surface area contributed by atoms with Gasteiger partial charge in [-0.15, -0.1) is 0 Å². The molecule has 0 heterocycles. The third kappa shape index (κ3) is 2.14. The summed E-state index contributed by atoms with van der Waals surface area (Å²) in [6.45, 7) is 5.42. The molecule has 3 atom stereocenters. The Morgan fingerprint density at radius 3 is 2.06 bits per heavy atom. The van der Waals surface area contributed by atoms with E-state index in [-0.39, 0.29) is 12.1 Å². The van der Waals surface area contributed by atoms with Crippen LogP contribution < -0.4 is 0 Å². The number of ether oxygens (including phenoxy) is 1. The van der Waals surface area contributed by atoms with E-state index in [9.17, 15) is 4.79 Å². The molecule has 0 aromatic rings. The van der Waals surface area contributed by atoms with Crippen LogP contribution in [0.25, 0.3) is 0 Å². The third-order valence-electron chi connectivity index (χ3n) is 4.97. The van der Waals surface area contributed by atoms with Gasteiger partial charge in [-0.3, -0.25) is 0 Å². The number of fused-ring (bicyclic) bond motifs is 1. The van der Waals surface area contributed by atoms with Crippen molar-refractivity contribution in [2.24, 2.45) is 23.7 Å². The molecule has 0 aromatic heterocycles. The molecular formula is C15H22O2. The first-order valence-electron chi connectivity index (χ1n) is 6.98. The molecule has 0 aliphatic heterocycles. The molecule has 4 bridgehead atoms. The van der Waals surface area contributed by atoms with Crippen LogP contribution in [0.4, 0.5) is 0 Å². The molecule has 4 aliphatic carbocycles. The van der Waals surface area contributed by atoms with Crippen molar-refractivity contribution in [2.75, 3.05) is 0 Å². The molecule has 4 aliphatic rings. The highest BCUT2D eigenvalue weighted by molar-refractivity contribution is 5.87. The second-order valence-corrected chi connectivity index (χ2v) is 6.50. The molecule has 0 saturated heterocycles. The van der Waals surface area contributed by atoms with Crippen molar-refractivity contribution in [2.45, 2.75) is 51.6 Å². The summed E-state index contributed by atoms with van der Waals surface area (Å²) < 4.78 is 5.68. The highest BCUT2D eigenvalue weighted by atomic mass is 16.5. The van der Waals surface area contributed by atoms with Gasteiger partial charge in [0.05, 0.1) is 0 Å². The molecule has 2 heteroatoms. The first-order chi connectivity index (χ1) is 8.11. The zero-order chi connectivity index (χ0) is 12.0. The van der Waals surface area contributed by atoms with Crippen LogP contribution in [-0.4, -0.2) is 12.1 Å². The molecule has 4 rings (SSSR count). The third-order valence-corrected chi connectivity index (χ3v) is 4.97. The van der Waals surface area contributed by atoms with Crippen molar-refractivity contribution in [3.05, 3.63) is 12.2 Å². The fourth-order valence-electron chi connectivity index (χ4n) is 4.44. The van der Waals surface area contributed by atoms with Gasteiger partial charge in [0.2, 0.25) is 0 Å². The molecule has 0 N–H and O–H groups in total. The van der Waals surface area contributed by atoms with Gasteiger partial charge in [-0.1, -0.05) is 6.58 Å². The smallest absolute Gasteiger partial charge is 0.333 e. The van der Waals surface area contributed by atoms with E-state index in [0.717, 1.165) is 24.2 Å². The lowest BCUT2D eigenvalue weighted by Crippen LogP contribution is -2.31. The van der Waals surface area contributed by atoms with Crippen molar-refractivity contribution < 1.29 is 9.53 Å². The second-order valence-electron chi connectivity index (χ2n) is 6.50. The van der Waals surface area contributed by atoms with Gasteiger partial charge < -0.3 is 4.74 Å². The molecular weight excluding hydrogens is 212 g/mol. The summed E-state index contributed by atoms with van der Waals surface area (Å²) in [5, 5.41) is 0.